The molecule has 0 atom stereocenters. The summed E-state index contributed by atoms with van der Waals surface area (Å²) >= 11 is 7.34. The van der Waals surface area contributed by atoms with Crippen molar-refractivity contribution in [3.63, 3.8) is 0 Å². The molecule has 0 aliphatic rings. The first-order chi connectivity index (χ1) is 11.7. The zero-order valence-electron chi connectivity index (χ0n) is 13.6. The van der Waals surface area contributed by atoms with Gasteiger partial charge in [-0.2, -0.15) is 0 Å². The predicted molar refractivity (Wildman–Crippen MR) is 95.8 cm³/mol. The van der Waals surface area contributed by atoms with E-state index in [1.807, 2.05) is 18.2 Å². The van der Waals surface area contributed by atoms with Gasteiger partial charge in [-0.3, -0.25) is 9.36 Å². The Morgan fingerprint density at radius 3 is 3.08 bits per heavy atom. The van der Waals surface area contributed by atoms with Crippen molar-refractivity contribution in [1.82, 2.24) is 20.1 Å². The summed E-state index contributed by atoms with van der Waals surface area (Å²) in [4.78, 5) is 11.9. The first-order valence-corrected chi connectivity index (χ1v) is 9.20. The van der Waals surface area contributed by atoms with Gasteiger partial charge in [-0.15, -0.1) is 10.2 Å². The van der Waals surface area contributed by atoms with Crippen molar-refractivity contribution in [3.8, 4) is 5.69 Å². The van der Waals surface area contributed by atoms with Gasteiger partial charge >= 0.3 is 0 Å². The number of thioether (sulfide) groups is 1. The number of nitrogens with one attached hydrogen (secondary N) is 1. The molecule has 0 unspecified atom stereocenters. The molecule has 8 heteroatoms. The van der Waals surface area contributed by atoms with Gasteiger partial charge in [0.05, 0.1) is 18.0 Å². The van der Waals surface area contributed by atoms with Crippen LogP contribution in [0.5, 0.6) is 0 Å². The molecule has 2 aromatic rings. The van der Waals surface area contributed by atoms with Crippen LogP contribution < -0.4 is 5.32 Å². The van der Waals surface area contributed by atoms with Crippen LogP contribution in [0.4, 0.5) is 0 Å². The topological polar surface area (TPSA) is 69.0 Å². The molecule has 0 saturated carbocycles. The smallest absolute Gasteiger partial charge is 0.230 e. The molecule has 0 aliphatic carbocycles. The highest BCUT2D eigenvalue weighted by Crippen LogP contribution is 2.21. The number of aromatic nitrogens is 3. The van der Waals surface area contributed by atoms with E-state index in [-0.39, 0.29) is 11.7 Å². The number of ether oxygens (including phenoxy) is 1. The van der Waals surface area contributed by atoms with Gasteiger partial charge in [0.2, 0.25) is 5.91 Å². The molecule has 1 aromatic heterocycles. The average molecular weight is 369 g/mol. The Morgan fingerprint density at radius 2 is 2.29 bits per heavy atom. The molecular weight excluding hydrogens is 348 g/mol. The molecule has 1 aromatic carbocycles. The summed E-state index contributed by atoms with van der Waals surface area (Å²) in [7, 11) is 0. The van der Waals surface area contributed by atoms with Crippen LogP contribution >= 0.6 is 23.4 Å². The maximum absolute atomic E-state index is 11.9. The SMILES string of the molecule is CCCCOCCNC(=O)CSc1nncn1-c1cccc(Cl)c1. The molecule has 1 heterocycles. The third kappa shape index (κ3) is 6.14. The molecule has 0 bridgehead atoms. The van der Waals surface area contributed by atoms with E-state index in [1.54, 1.807) is 17.0 Å². The van der Waals surface area contributed by atoms with E-state index in [9.17, 15) is 4.79 Å². The Morgan fingerprint density at radius 1 is 1.42 bits per heavy atom. The van der Waals surface area contributed by atoms with Crippen molar-refractivity contribution in [2.24, 2.45) is 0 Å². The summed E-state index contributed by atoms with van der Waals surface area (Å²) in [5.41, 5.74) is 0.861. The van der Waals surface area contributed by atoms with Gasteiger partial charge in [-0.1, -0.05) is 42.8 Å². The zero-order valence-corrected chi connectivity index (χ0v) is 15.1. The minimum atomic E-state index is -0.0558. The summed E-state index contributed by atoms with van der Waals surface area (Å²) in [6.07, 6.45) is 3.76. The molecule has 6 nitrogen and oxygen atoms in total. The zero-order chi connectivity index (χ0) is 17.2. The molecule has 0 aliphatic heterocycles. The average Bonchev–Trinajstić information content (AvgIpc) is 3.05. The van der Waals surface area contributed by atoms with Crippen LogP contribution in [0.15, 0.2) is 35.7 Å². The van der Waals surface area contributed by atoms with Gasteiger partial charge in [-0.25, -0.2) is 0 Å². The summed E-state index contributed by atoms with van der Waals surface area (Å²) in [5.74, 6) is 0.216. The van der Waals surface area contributed by atoms with Crippen LogP contribution in [0.1, 0.15) is 19.8 Å². The molecule has 1 amide bonds. The van der Waals surface area contributed by atoms with E-state index in [2.05, 4.69) is 22.4 Å². The molecule has 2 rings (SSSR count). The van der Waals surface area contributed by atoms with Gasteiger partial charge in [0.25, 0.3) is 0 Å². The minimum absolute atomic E-state index is 0.0558. The number of rotatable bonds is 10. The number of halogens is 1. The maximum atomic E-state index is 11.9. The summed E-state index contributed by atoms with van der Waals surface area (Å²) in [5, 5.41) is 12.1. The van der Waals surface area contributed by atoms with Gasteiger partial charge in [0.15, 0.2) is 5.16 Å². The quantitative estimate of drug-likeness (QED) is 0.515. The fourth-order valence-corrected chi connectivity index (χ4v) is 2.86. The van der Waals surface area contributed by atoms with Crippen LogP contribution in [-0.4, -0.2) is 46.2 Å². The number of unbranched alkanes of at least 4 members (excludes halogenated alkanes) is 1. The molecule has 0 saturated heterocycles. The fourth-order valence-electron chi connectivity index (χ4n) is 1.92. The van der Waals surface area contributed by atoms with Crippen LogP contribution in [0.2, 0.25) is 5.02 Å². The number of carbonyl (C=O) groups is 1. The second-order valence-corrected chi connectivity index (χ2v) is 6.45. The lowest BCUT2D eigenvalue weighted by molar-refractivity contribution is -0.118. The number of hydrogen-bond donors (Lipinski definition) is 1. The van der Waals surface area contributed by atoms with Gasteiger partial charge in [-0.05, 0) is 24.6 Å². The molecule has 130 valence electrons. The van der Waals surface area contributed by atoms with Crippen molar-refractivity contribution in [2.45, 2.75) is 24.9 Å². The third-order valence-electron chi connectivity index (χ3n) is 3.15. The van der Waals surface area contributed by atoms with E-state index < -0.39 is 0 Å². The lowest BCUT2D eigenvalue weighted by atomic mass is 10.3. The number of benzene rings is 1. The molecule has 24 heavy (non-hydrogen) atoms. The van der Waals surface area contributed by atoms with E-state index in [0.29, 0.717) is 23.3 Å². The van der Waals surface area contributed by atoms with E-state index in [0.717, 1.165) is 25.1 Å². The van der Waals surface area contributed by atoms with Crippen LogP contribution in [0.3, 0.4) is 0 Å². The monoisotopic (exact) mass is 368 g/mol. The highest BCUT2D eigenvalue weighted by molar-refractivity contribution is 7.99. The lowest BCUT2D eigenvalue weighted by Crippen LogP contribution is -2.28. The lowest BCUT2D eigenvalue weighted by Gasteiger charge is -2.07. The fraction of sp³-hybridized carbons (Fsp3) is 0.438. The largest absolute Gasteiger partial charge is 0.380 e. The highest BCUT2D eigenvalue weighted by Gasteiger charge is 2.10. The van der Waals surface area contributed by atoms with Gasteiger partial charge < -0.3 is 10.1 Å². The summed E-state index contributed by atoms with van der Waals surface area (Å²) in [6, 6.07) is 7.39. The Labute approximate surface area is 150 Å². The van der Waals surface area contributed by atoms with Crippen molar-refractivity contribution < 1.29 is 9.53 Å². The maximum Gasteiger partial charge on any atom is 0.230 e. The molecule has 0 radical (unpaired) electrons. The highest BCUT2D eigenvalue weighted by atomic mass is 35.5. The summed E-state index contributed by atoms with van der Waals surface area (Å²) < 4.78 is 7.21. The Hall–Kier alpha value is -1.57. The van der Waals surface area contributed by atoms with E-state index in [4.69, 9.17) is 16.3 Å². The molecule has 1 N–H and O–H groups in total. The second-order valence-electron chi connectivity index (χ2n) is 5.07. The van der Waals surface area contributed by atoms with Crippen LogP contribution in [0.25, 0.3) is 5.69 Å². The van der Waals surface area contributed by atoms with Gasteiger partial charge in [0.1, 0.15) is 6.33 Å². The second kappa shape index (κ2) is 10.3. The van der Waals surface area contributed by atoms with Crippen molar-refractivity contribution in [2.75, 3.05) is 25.5 Å². The Balaban J connectivity index is 1.77. The van der Waals surface area contributed by atoms with Gasteiger partial charge in [0, 0.05) is 18.2 Å². The standard InChI is InChI=1S/C16H21ClN4O2S/c1-2-3-8-23-9-7-18-15(22)11-24-16-20-19-12-21(16)14-6-4-5-13(17)10-14/h4-6,10,12H,2-3,7-9,11H2,1H3,(H,18,22). The Kier molecular flexibility index (Phi) is 8.07. The first kappa shape index (κ1) is 18.8. The number of hydrogen-bond acceptors (Lipinski definition) is 5. The van der Waals surface area contributed by atoms with E-state index >= 15 is 0 Å². The third-order valence-corrected chi connectivity index (χ3v) is 4.32. The predicted octanol–water partition coefficient (Wildman–Crippen LogP) is 2.95. The van der Waals surface area contributed by atoms with Crippen LogP contribution in [0, 0.1) is 0 Å². The van der Waals surface area contributed by atoms with Crippen molar-refractivity contribution in [3.05, 3.63) is 35.6 Å². The first-order valence-electron chi connectivity index (χ1n) is 7.84. The van der Waals surface area contributed by atoms with E-state index in [1.165, 1.54) is 11.8 Å². The van der Waals surface area contributed by atoms with Crippen molar-refractivity contribution >= 4 is 29.3 Å². The summed E-state index contributed by atoms with van der Waals surface area (Å²) in [6.45, 7) is 3.91. The molecule has 0 fully saturated rings. The Bertz CT molecular complexity index is 651. The number of amides is 1. The number of carbonyl (C=O) groups excluding carboxylic acids is 1. The van der Waals surface area contributed by atoms with Crippen molar-refractivity contribution in [1.29, 1.82) is 0 Å². The number of nitrogens with zero attached hydrogens (tertiary/aromatic N) is 3. The molecular formula is C16H21ClN4O2S. The van der Waals surface area contributed by atoms with Crippen LogP contribution in [-0.2, 0) is 9.53 Å². The molecule has 0 spiro atoms. The minimum Gasteiger partial charge on any atom is -0.380 e. The normalized spacial score (nSPS) is 10.8.